The number of nitrogens with zero attached hydrogens (tertiary/aromatic N) is 1. The molecule has 1 aromatic heterocycles. The van der Waals surface area contributed by atoms with Gasteiger partial charge in [0.1, 0.15) is 0 Å². The van der Waals surface area contributed by atoms with Gasteiger partial charge in [-0.05, 0) is 25.6 Å². The van der Waals surface area contributed by atoms with E-state index in [1.54, 1.807) is 0 Å². The highest BCUT2D eigenvalue weighted by Gasteiger charge is 2.11. The first kappa shape index (κ1) is 11.6. The standard InChI is InChI=1S/C15H16N2/c1-3-4-10-14(16-2)13-9-5-7-12-8-6-11-17-15(12)13/h5-9,11,14,16H,10H2,1-2H3. The minimum absolute atomic E-state index is 0.237. The van der Waals surface area contributed by atoms with E-state index in [2.05, 4.69) is 46.4 Å². The molecule has 0 aliphatic carbocycles. The summed E-state index contributed by atoms with van der Waals surface area (Å²) in [5, 5.41) is 4.48. The molecule has 0 amide bonds. The van der Waals surface area contributed by atoms with Crippen molar-refractivity contribution in [2.24, 2.45) is 0 Å². The molecule has 0 saturated heterocycles. The Hall–Kier alpha value is -1.85. The highest BCUT2D eigenvalue weighted by Crippen LogP contribution is 2.23. The summed E-state index contributed by atoms with van der Waals surface area (Å²) in [7, 11) is 1.96. The predicted octanol–water partition coefficient (Wildman–Crippen LogP) is 2.91. The maximum atomic E-state index is 4.47. The fraction of sp³-hybridized carbons (Fsp3) is 0.267. The Bertz CT molecular complexity index is 558. The van der Waals surface area contributed by atoms with Gasteiger partial charge in [-0.3, -0.25) is 4.98 Å². The number of pyridine rings is 1. The molecule has 0 aliphatic heterocycles. The normalized spacial score (nSPS) is 11.9. The Morgan fingerprint density at radius 2 is 2.12 bits per heavy atom. The lowest BCUT2D eigenvalue weighted by atomic mass is 10.0. The molecule has 1 unspecified atom stereocenters. The third-order valence-electron chi connectivity index (χ3n) is 2.87. The number of nitrogens with one attached hydrogen (secondary N) is 1. The van der Waals surface area contributed by atoms with E-state index in [0.29, 0.717) is 0 Å². The molecule has 17 heavy (non-hydrogen) atoms. The number of hydrogen-bond acceptors (Lipinski definition) is 2. The van der Waals surface area contributed by atoms with Crippen molar-refractivity contribution in [2.75, 3.05) is 7.05 Å². The van der Waals surface area contributed by atoms with Gasteiger partial charge >= 0.3 is 0 Å². The van der Waals surface area contributed by atoms with Crippen LogP contribution < -0.4 is 5.32 Å². The Labute approximate surface area is 102 Å². The van der Waals surface area contributed by atoms with E-state index in [-0.39, 0.29) is 6.04 Å². The molecule has 0 bridgehead atoms. The second-order valence-corrected chi connectivity index (χ2v) is 3.89. The summed E-state index contributed by atoms with van der Waals surface area (Å²) in [6, 6.07) is 10.6. The largest absolute Gasteiger partial charge is 0.312 e. The van der Waals surface area contributed by atoms with Crippen molar-refractivity contribution in [3.63, 3.8) is 0 Å². The van der Waals surface area contributed by atoms with Crippen molar-refractivity contribution in [2.45, 2.75) is 19.4 Å². The summed E-state index contributed by atoms with van der Waals surface area (Å²) in [5.41, 5.74) is 2.28. The van der Waals surface area contributed by atoms with E-state index in [4.69, 9.17) is 0 Å². The van der Waals surface area contributed by atoms with Gasteiger partial charge in [0.25, 0.3) is 0 Å². The number of hydrogen-bond donors (Lipinski definition) is 1. The Morgan fingerprint density at radius 1 is 1.29 bits per heavy atom. The van der Waals surface area contributed by atoms with Gasteiger partial charge in [-0.25, -0.2) is 0 Å². The fourth-order valence-corrected chi connectivity index (χ4v) is 1.98. The molecule has 0 aliphatic rings. The highest BCUT2D eigenvalue weighted by molar-refractivity contribution is 5.82. The molecular weight excluding hydrogens is 208 g/mol. The quantitative estimate of drug-likeness (QED) is 0.811. The summed E-state index contributed by atoms with van der Waals surface area (Å²) < 4.78 is 0. The number of para-hydroxylation sites is 1. The minimum atomic E-state index is 0.237. The van der Waals surface area contributed by atoms with Gasteiger partial charge in [0.2, 0.25) is 0 Å². The molecular formula is C15H16N2. The lowest BCUT2D eigenvalue weighted by molar-refractivity contribution is 0.615. The van der Waals surface area contributed by atoms with Crippen LogP contribution >= 0.6 is 0 Å². The van der Waals surface area contributed by atoms with Crippen LogP contribution in [0.25, 0.3) is 10.9 Å². The molecule has 86 valence electrons. The summed E-state index contributed by atoms with van der Waals surface area (Å²) in [4.78, 5) is 4.47. The maximum Gasteiger partial charge on any atom is 0.0750 e. The molecule has 2 rings (SSSR count). The number of rotatable bonds is 3. The van der Waals surface area contributed by atoms with Crippen LogP contribution in [0.1, 0.15) is 24.9 Å². The average molecular weight is 224 g/mol. The number of aromatic nitrogens is 1. The molecule has 0 saturated carbocycles. The lowest BCUT2D eigenvalue weighted by Gasteiger charge is -2.15. The maximum absolute atomic E-state index is 4.47. The van der Waals surface area contributed by atoms with Crippen LogP contribution in [0, 0.1) is 11.8 Å². The fourth-order valence-electron chi connectivity index (χ4n) is 1.98. The molecule has 2 nitrogen and oxygen atoms in total. The van der Waals surface area contributed by atoms with E-state index < -0.39 is 0 Å². The zero-order chi connectivity index (χ0) is 12.1. The molecule has 0 spiro atoms. The monoisotopic (exact) mass is 224 g/mol. The van der Waals surface area contributed by atoms with Crippen LogP contribution in [-0.2, 0) is 0 Å². The van der Waals surface area contributed by atoms with Gasteiger partial charge in [-0.15, -0.1) is 11.8 Å². The third kappa shape index (κ3) is 2.46. The van der Waals surface area contributed by atoms with Gasteiger partial charge < -0.3 is 5.32 Å². The third-order valence-corrected chi connectivity index (χ3v) is 2.87. The minimum Gasteiger partial charge on any atom is -0.312 e. The Kier molecular flexibility index (Phi) is 3.74. The van der Waals surface area contributed by atoms with E-state index in [0.717, 1.165) is 11.9 Å². The van der Waals surface area contributed by atoms with Crippen LogP contribution in [0.15, 0.2) is 36.5 Å². The first-order chi connectivity index (χ1) is 8.36. The smallest absolute Gasteiger partial charge is 0.0750 e. The number of benzene rings is 1. The molecule has 1 atom stereocenters. The van der Waals surface area contributed by atoms with Crippen molar-refractivity contribution in [3.05, 3.63) is 42.1 Å². The first-order valence-electron chi connectivity index (χ1n) is 5.77. The van der Waals surface area contributed by atoms with E-state index in [1.807, 2.05) is 26.2 Å². The molecule has 2 heteroatoms. The van der Waals surface area contributed by atoms with Crippen LogP contribution in [0.3, 0.4) is 0 Å². The average Bonchev–Trinajstić information content (AvgIpc) is 2.40. The molecule has 0 fully saturated rings. The molecule has 2 aromatic rings. The van der Waals surface area contributed by atoms with Crippen molar-refractivity contribution < 1.29 is 0 Å². The Morgan fingerprint density at radius 3 is 2.88 bits per heavy atom. The topological polar surface area (TPSA) is 24.9 Å². The summed E-state index contributed by atoms with van der Waals surface area (Å²) in [6.45, 7) is 1.87. The van der Waals surface area contributed by atoms with Crippen molar-refractivity contribution >= 4 is 10.9 Å². The SMILES string of the molecule is CC#CCC(NC)c1cccc2cccnc12. The first-order valence-corrected chi connectivity index (χ1v) is 5.77. The molecule has 0 radical (unpaired) electrons. The van der Waals surface area contributed by atoms with Crippen LogP contribution in [-0.4, -0.2) is 12.0 Å². The highest BCUT2D eigenvalue weighted by atomic mass is 14.9. The van der Waals surface area contributed by atoms with E-state index >= 15 is 0 Å². The van der Waals surface area contributed by atoms with Gasteiger partial charge in [0.15, 0.2) is 0 Å². The summed E-state index contributed by atoms with van der Waals surface area (Å²) >= 11 is 0. The van der Waals surface area contributed by atoms with E-state index in [1.165, 1.54) is 10.9 Å². The van der Waals surface area contributed by atoms with Crippen molar-refractivity contribution in [1.29, 1.82) is 0 Å². The summed E-state index contributed by atoms with van der Waals surface area (Å²) in [5.74, 6) is 6.06. The van der Waals surface area contributed by atoms with Crippen molar-refractivity contribution in [1.82, 2.24) is 10.3 Å². The predicted molar refractivity (Wildman–Crippen MR) is 71.6 cm³/mol. The van der Waals surface area contributed by atoms with E-state index in [9.17, 15) is 0 Å². The second kappa shape index (κ2) is 5.47. The zero-order valence-electron chi connectivity index (χ0n) is 10.2. The zero-order valence-corrected chi connectivity index (χ0v) is 10.2. The van der Waals surface area contributed by atoms with Crippen LogP contribution in [0.2, 0.25) is 0 Å². The summed E-state index contributed by atoms with van der Waals surface area (Å²) in [6.07, 6.45) is 2.65. The molecule has 1 N–H and O–H groups in total. The van der Waals surface area contributed by atoms with Crippen molar-refractivity contribution in [3.8, 4) is 11.8 Å². The van der Waals surface area contributed by atoms with Crippen LogP contribution in [0.5, 0.6) is 0 Å². The lowest BCUT2D eigenvalue weighted by Crippen LogP contribution is -2.16. The molecule has 1 aromatic carbocycles. The van der Waals surface area contributed by atoms with Gasteiger partial charge in [-0.2, -0.15) is 0 Å². The van der Waals surface area contributed by atoms with Gasteiger partial charge in [0, 0.05) is 24.0 Å². The van der Waals surface area contributed by atoms with Gasteiger partial charge in [0.05, 0.1) is 5.52 Å². The van der Waals surface area contributed by atoms with Gasteiger partial charge in [-0.1, -0.05) is 24.3 Å². The molecule has 1 heterocycles. The number of fused-ring (bicyclic) bond motifs is 1. The second-order valence-electron chi connectivity index (χ2n) is 3.89. The van der Waals surface area contributed by atoms with Crippen LogP contribution in [0.4, 0.5) is 0 Å². The Balaban J connectivity index is 2.48.